The molecule has 0 spiro atoms. The molecule has 21 heavy (non-hydrogen) atoms. The van der Waals surface area contributed by atoms with Gasteiger partial charge in [-0.2, -0.15) is 0 Å². The Bertz CT molecular complexity index is 579. The number of benzene rings is 1. The summed E-state index contributed by atoms with van der Waals surface area (Å²) in [4.78, 5) is 18.2. The number of ether oxygens (including phenoxy) is 1. The second-order valence-electron chi connectivity index (χ2n) is 5.13. The molecule has 0 bridgehead atoms. The Morgan fingerprint density at radius 3 is 2.29 bits per heavy atom. The first-order valence-corrected chi connectivity index (χ1v) is 6.96. The summed E-state index contributed by atoms with van der Waals surface area (Å²) < 4.78 is 5.16. The maximum absolute atomic E-state index is 12.5. The van der Waals surface area contributed by atoms with Crippen molar-refractivity contribution in [3.63, 3.8) is 0 Å². The lowest BCUT2D eigenvalue weighted by Gasteiger charge is -2.24. The van der Waals surface area contributed by atoms with E-state index in [1.807, 2.05) is 50.2 Å². The first kappa shape index (κ1) is 15.0. The molecule has 1 aromatic heterocycles. The summed E-state index contributed by atoms with van der Waals surface area (Å²) in [7, 11) is 1.64. The molecule has 2 aromatic rings. The average Bonchev–Trinajstić information content (AvgIpc) is 2.53. The minimum atomic E-state index is -0.0589. The van der Waals surface area contributed by atoms with Crippen LogP contribution in [-0.4, -0.2) is 18.0 Å². The van der Waals surface area contributed by atoms with E-state index in [0.717, 1.165) is 17.0 Å². The van der Waals surface area contributed by atoms with E-state index in [-0.39, 0.29) is 11.8 Å². The van der Waals surface area contributed by atoms with Gasteiger partial charge in [-0.1, -0.05) is 26.0 Å². The minimum Gasteiger partial charge on any atom is -0.497 e. The number of pyridine rings is 1. The highest BCUT2D eigenvalue weighted by molar-refractivity contribution is 5.94. The zero-order valence-electron chi connectivity index (χ0n) is 12.6. The molecule has 1 amide bonds. The normalized spacial score (nSPS) is 10.5. The van der Waals surface area contributed by atoms with Crippen LogP contribution in [0, 0.1) is 5.92 Å². The topological polar surface area (TPSA) is 42.4 Å². The summed E-state index contributed by atoms with van der Waals surface area (Å²) in [5.41, 5.74) is 1.92. The lowest BCUT2D eigenvalue weighted by molar-refractivity contribution is -0.121. The van der Waals surface area contributed by atoms with Crippen LogP contribution in [0.1, 0.15) is 19.4 Å². The molecule has 0 fully saturated rings. The van der Waals surface area contributed by atoms with Crippen LogP contribution in [0.25, 0.3) is 0 Å². The fraction of sp³-hybridized carbons (Fsp3) is 0.294. The van der Waals surface area contributed by atoms with Gasteiger partial charge in [0, 0.05) is 24.0 Å². The number of carbonyl (C=O) groups is 1. The van der Waals surface area contributed by atoms with E-state index in [4.69, 9.17) is 4.74 Å². The summed E-state index contributed by atoms with van der Waals surface area (Å²) in [6.45, 7) is 4.35. The van der Waals surface area contributed by atoms with Crippen molar-refractivity contribution in [3.8, 4) is 5.75 Å². The Labute approximate surface area is 125 Å². The lowest BCUT2D eigenvalue weighted by atomic mass is 10.1. The second kappa shape index (κ2) is 6.88. The van der Waals surface area contributed by atoms with Crippen LogP contribution in [0.3, 0.4) is 0 Å². The number of aromatic nitrogens is 1. The molecule has 0 saturated heterocycles. The van der Waals surface area contributed by atoms with Gasteiger partial charge in [-0.05, 0) is 29.8 Å². The number of rotatable bonds is 5. The average molecular weight is 284 g/mol. The number of carbonyl (C=O) groups excluding carboxylic acids is 1. The third kappa shape index (κ3) is 3.81. The zero-order valence-corrected chi connectivity index (χ0v) is 12.6. The Morgan fingerprint density at radius 1 is 1.14 bits per heavy atom. The number of anilines is 1. The Balaban J connectivity index is 2.25. The van der Waals surface area contributed by atoms with E-state index >= 15 is 0 Å². The number of amides is 1. The fourth-order valence-corrected chi connectivity index (χ4v) is 2.05. The first-order valence-electron chi connectivity index (χ1n) is 6.96. The number of nitrogens with zero attached hydrogens (tertiary/aromatic N) is 2. The van der Waals surface area contributed by atoms with Crippen molar-refractivity contribution in [3.05, 3.63) is 54.4 Å². The van der Waals surface area contributed by atoms with E-state index in [9.17, 15) is 4.79 Å². The van der Waals surface area contributed by atoms with Crippen molar-refractivity contribution in [1.82, 2.24) is 4.98 Å². The predicted molar refractivity (Wildman–Crippen MR) is 83.3 cm³/mol. The van der Waals surface area contributed by atoms with Crippen LogP contribution >= 0.6 is 0 Å². The van der Waals surface area contributed by atoms with E-state index in [0.29, 0.717) is 6.54 Å². The maximum Gasteiger partial charge on any atom is 0.229 e. The van der Waals surface area contributed by atoms with Gasteiger partial charge in [-0.25, -0.2) is 0 Å². The van der Waals surface area contributed by atoms with Crippen LogP contribution in [-0.2, 0) is 11.3 Å². The van der Waals surface area contributed by atoms with Gasteiger partial charge >= 0.3 is 0 Å². The van der Waals surface area contributed by atoms with E-state index < -0.39 is 0 Å². The number of methoxy groups -OCH3 is 1. The van der Waals surface area contributed by atoms with Crippen molar-refractivity contribution < 1.29 is 9.53 Å². The highest BCUT2D eigenvalue weighted by Crippen LogP contribution is 2.20. The van der Waals surface area contributed by atoms with Crippen molar-refractivity contribution in [2.45, 2.75) is 20.4 Å². The summed E-state index contributed by atoms with van der Waals surface area (Å²) in [6.07, 6.45) is 3.40. The zero-order chi connectivity index (χ0) is 15.2. The molecule has 0 saturated carbocycles. The van der Waals surface area contributed by atoms with Gasteiger partial charge in [0.15, 0.2) is 0 Å². The first-order chi connectivity index (χ1) is 10.1. The van der Waals surface area contributed by atoms with Crippen molar-refractivity contribution in [2.24, 2.45) is 5.92 Å². The van der Waals surface area contributed by atoms with Crippen LogP contribution < -0.4 is 9.64 Å². The third-order valence-electron chi connectivity index (χ3n) is 3.23. The molecule has 0 unspecified atom stereocenters. The third-order valence-corrected chi connectivity index (χ3v) is 3.23. The maximum atomic E-state index is 12.5. The van der Waals surface area contributed by atoms with Crippen LogP contribution in [0.4, 0.5) is 5.69 Å². The molecule has 110 valence electrons. The molecular formula is C17H20N2O2. The van der Waals surface area contributed by atoms with Gasteiger partial charge < -0.3 is 9.64 Å². The molecule has 0 aliphatic rings. The highest BCUT2D eigenvalue weighted by Gasteiger charge is 2.19. The standard InChI is InChI=1S/C17H20N2O2/c1-13(2)17(20)19(15-8-10-18-11-9-15)12-14-4-6-16(21-3)7-5-14/h4-11,13H,12H2,1-3H3. The van der Waals surface area contributed by atoms with Crippen LogP contribution in [0.5, 0.6) is 5.75 Å². The Morgan fingerprint density at radius 2 is 1.76 bits per heavy atom. The van der Waals surface area contributed by atoms with E-state index in [2.05, 4.69) is 4.98 Å². The van der Waals surface area contributed by atoms with Gasteiger partial charge in [0.25, 0.3) is 0 Å². The molecule has 0 aliphatic carbocycles. The van der Waals surface area contributed by atoms with Crippen LogP contribution in [0.2, 0.25) is 0 Å². The minimum absolute atomic E-state index is 0.0589. The Kier molecular flexibility index (Phi) is 4.93. The molecule has 0 radical (unpaired) electrons. The monoisotopic (exact) mass is 284 g/mol. The van der Waals surface area contributed by atoms with E-state index in [1.54, 1.807) is 24.4 Å². The molecule has 0 aliphatic heterocycles. The molecule has 0 N–H and O–H groups in total. The predicted octanol–water partition coefficient (Wildman–Crippen LogP) is 3.28. The number of hydrogen-bond acceptors (Lipinski definition) is 3. The smallest absolute Gasteiger partial charge is 0.229 e. The lowest BCUT2D eigenvalue weighted by Crippen LogP contribution is -2.33. The molecule has 1 aromatic carbocycles. The summed E-state index contributed by atoms with van der Waals surface area (Å²) in [6, 6.07) is 11.5. The van der Waals surface area contributed by atoms with Gasteiger partial charge in [0.2, 0.25) is 5.91 Å². The quantitative estimate of drug-likeness (QED) is 0.846. The molecule has 4 nitrogen and oxygen atoms in total. The summed E-state index contributed by atoms with van der Waals surface area (Å²) >= 11 is 0. The molecule has 4 heteroatoms. The Hall–Kier alpha value is -2.36. The molecular weight excluding hydrogens is 264 g/mol. The largest absolute Gasteiger partial charge is 0.497 e. The van der Waals surface area contributed by atoms with Gasteiger partial charge in [-0.15, -0.1) is 0 Å². The summed E-state index contributed by atoms with van der Waals surface area (Å²) in [5, 5.41) is 0. The van der Waals surface area contributed by atoms with Crippen molar-refractivity contribution >= 4 is 11.6 Å². The molecule has 2 rings (SSSR count). The van der Waals surface area contributed by atoms with E-state index in [1.165, 1.54) is 0 Å². The van der Waals surface area contributed by atoms with Gasteiger partial charge in [0.1, 0.15) is 5.75 Å². The fourth-order valence-electron chi connectivity index (χ4n) is 2.05. The number of hydrogen-bond donors (Lipinski definition) is 0. The highest BCUT2D eigenvalue weighted by atomic mass is 16.5. The van der Waals surface area contributed by atoms with Crippen LogP contribution in [0.15, 0.2) is 48.8 Å². The van der Waals surface area contributed by atoms with Crippen molar-refractivity contribution in [1.29, 1.82) is 0 Å². The van der Waals surface area contributed by atoms with Gasteiger partial charge in [-0.3, -0.25) is 9.78 Å². The summed E-state index contributed by atoms with van der Waals surface area (Å²) in [5.74, 6) is 0.845. The SMILES string of the molecule is COc1ccc(CN(C(=O)C(C)C)c2ccncc2)cc1. The van der Waals surface area contributed by atoms with Gasteiger partial charge in [0.05, 0.1) is 13.7 Å². The van der Waals surface area contributed by atoms with Crippen molar-refractivity contribution in [2.75, 3.05) is 12.0 Å². The molecule has 0 atom stereocenters. The molecule has 1 heterocycles. The second-order valence-corrected chi connectivity index (χ2v) is 5.13.